The molecule has 10 heteroatoms. The highest BCUT2D eigenvalue weighted by Crippen LogP contribution is 2.28. The summed E-state index contributed by atoms with van der Waals surface area (Å²) in [6.45, 7) is 2.59. The lowest BCUT2D eigenvalue weighted by Gasteiger charge is -2.30. The second kappa shape index (κ2) is 7.26. The Morgan fingerprint density at radius 2 is 2.11 bits per heavy atom. The van der Waals surface area contributed by atoms with E-state index >= 15 is 0 Å². The van der Waals surface area contributed by atoms with Crippen LogP contribution < -0.4 is 5.56 Å². The van der Waals surface area contributed by atoms with E-state index < -0.39 is 0 Å². The molecule has 0 aromatic carbocycles. The number of likely N-dealkylation sites (tertiary alicyclic amines) is 1. The van der Waals surface area contributed by atoms with Crippen molar-refractivity contribution in [2.24, 2.45) is 0 Å². The molecule has 1 aliphatic heterocycles. The van der Waals surface area contributed by atoms with Gasteiger partial charge in [0.05, 0.1) is 5.69 Å². The molecule has 5 heterocycles. The topological polar surface area (TPSA) is 80.7 Å². The fourth-order valence-electron chi connectivity index (χ4n) is 3.72. The van der Waals surface area contributed by atoms with E-state index in [0.717, 1.165) is 47.4 Å². The van der Waals surface area contributed by atoms with Crippen LogP contribution in [0.4, 0.5) is 0 Å². The number of hydrogen-bond donors (Lipinski definition) is 0. The monoisotopic (exact) mass is 413 g/mol. The zero-order chi connectivity index (χ0) is 19.1. The van der Waals surface area contributed by atoms with E-state index in [1.807, 2.05) is 30.7 Å². The second-order valence-electron chi connectivity index (χ2n) is 6.89. The lowest BCUT2D eigenvalue weighted by atomic mass is 9.96. The van der Waals surface area contributed by atoms with Crippen LogP contribution in [0.25, 0.3) is 10.6 Å². The molecule has 1 fully saturated rings. The van der Waals surface area contributed by atoms with E-state index in [1.54, 1.807) is 6.07 Å². The van der Waals surface area contributed by atoms with Crippen LogP contribution in [-0.4, -0.2) is 53.4 Å². The molecule has 28 heavy (non-hydrogen) atoms. The molecule has 0 N–H and O–H groups in total. The van der Waals surface area contributed by atoms with Gasteiger partial charge in [0.25, 0.3) is 5.56 Å². The third-order valence-corrected chi connectivity index (χ3v) is 7.02. The summed E-state index contributed by atoms with van der Waals surface area (Å²) < 4.78 is 4.33. The van der Waals surface area contributed by atoms with Crippen molar-refractivity contribution in [2.45, 2.75) is 29.6 Å². The summed E-state index contributed by atoms with van der Waals surface area (Å²) in [5.74, 6) is 1.45. The van der Waals surface area contributed by atoms with Gasteiger partial charge >= 0.3 is 0 Å². The summed E-state index contributed by atoms with van der Waals surface area (Å²) in [5, 5.41) is 13.0. The molecule has 144 valence electrons. The van der Waals surface area contributed by atoms with E-state index in [9.17, 15) is 4.79 Å². The minimum atomic E-state index is -0.110. The number of rotatable bonds is 4. The minimum absolute atomic E-state index is 0.110. The van der Waals surface area contributed by atoms with Crippen LogP contribution in [0.1, 0.15) is 30.3 Å². The molecule has 0 atom stereocenters. The molecule has 0 unspecified atom stereocenters. The van der Waals surface area contributed by atoms with Gasteiger partial charge in [-0.3, -0.25) is 14.1 Å². The smallest absolute Gasteiger partial charge is 0.275 e. The van der Waals surface area contributed by atoms with Gasteiger partial charge in [-0.15, -0.1) is 15.3 Å². The first-order chi connectivity index (χ1) is 13.7. The van der Waals surface area contributed by atoms with Crippen molar-refractivity contribution in [3.63, 3.8) is 0 Å². The van der Waals surface area contributed by atoms with Crippen LogP contribution in [0.15, 0.2) is 39.6 Å². The van der Waals surface area contributed by atoms with Crippen molar-refractivity contribution < 1.29 is 0 Å². The first-order valence-electron chi connectivity index (χ1n) is 9.17. The first-order valence-corrected chi connectivity index (χ1v) is 11.2. The molecule has 4 aromatic rings. The van der Waals surface area contributed by atoms with Crippen molar-refractivity contribution >= 4 is 33.7 Å². The Bertz CT molecular complexity index is 1190. The highest BCUT2D eigenvalue weighted by molar-refractivity contribution is 8.00. The summed E-state index contributed by atoms with van der Waals surface area (Å²) in [5.41, 5.74) is 1.60. The van der Waals surface area contributed by atoms with Gasteiger partial charge in [-0.05, 0) is 44.3 Å². The average molecular weight is 414 g/mol. The number of fused-ring (bicyclic) bond motifs is 2. The van der Waals surface area contributed by atoms with Crippen LogP contribution in [0, 0.1) is 0 Å². The van der Waals surface area contributed by atoms with Crippen LogP contribution in [0.5, 0.6) is 0 Å². The molecule has 0 aliphatic carbocycles. The van der Waals surface area contributed by atoms with E-state index in [0.29, 0.717) is 17.4 Å². The van der Waals surface area contributed by atoms with Gasteiger partial charge in [-0.1, -0.05) is 29.2 Å². The molecule has 0 bridgehead atoms. The maximum absolute atomic E-state index is 12.3. The third-order valence-electron chi connectivity index (χ3n) is 5.13. The molecular formula is C18H19N7OS2. The molecular weight excluding hydrogens is 394 g/mol. The maximum atomic E-state index is 12.3. The first kappa shape index (κ1) is 17.8. The van der Waals surface area contributed by atoms with Gasteiger partial charge in [0, 0.05) is 24.7 Å². The Hall–Kier alpha value is -2.30. The highest BCUT2D eigenvalue weighted by Gasteiger charge is 2.25. The number of aromatic nitrogens is 6. The fraction of sp³-hybridized carbons (Fsp3) is 0.389. The largest absolute Gasteiger partial charge is 0.297 e. The number of pyridine rings is 1. The lowest BCUT2D eigenvalue weighted by molar-refractivity contribution is 0.199. The van der Waals surface area contributed by atoms with Crippen molar-refractivity contribution in [3.8, 4) is 0 Å². The molecule has 0 amide bonds. The molecule has 8 nitrogen and oxygen atoms in total. The van der Waals surface area contributed by atoms with Crippen LogP contribution in [0.3, 0.4) is 0 Å². The summed E-state index contributed by atoms with van der Waals surface area (Å²) in [7, 11) is 0. The fourth-order valence-corrected chi connectivity index (χ4v) is 5.10. The van der Waals surface area contributed by atoms with Gasteiger partial charge in [0.2, 0.25) is 4.96 Å². The van der Waals surface area contributed by atoms with Crippen molar-refractivity contribution in [2.75, 3.05) is 19.3 Å². The molecule has 1 saturated heterocycles. The van der Waals surface area contributed by atoms with Crippen molar-refractivity contribution in [3.05, 3.63) is 52.3 Å². The van der Waals surface area contributed by atoms with Crippen molar-refractivity contribution in [1.29, 1.82) is 0 Å². The summed E-state index contributed by atoms with van der Waals surface area (Å²) >= 11 is 2.98. The van der Waals surface area contributed by atoms with Gasteiger partial charge in [-0.25, -0.2) is 4.98 Å². The normalized spacial score (nSPS) is 16.3. The highest BCUT2D eigenvalue weighted by atomic mass is 32.2. The van der Waals surface area contributed by atoms with Gasteiger partial charge in [0.15, 0.2) is 9.99 Å². The quantitative estimate of drug-likeness (QED) is 0.475. The summed E-state index contributed by atoms with van der Waals surface area (Å²) in [4.78, 5) is 20.0. The van der Waals surface area contributed by atoms with E-state index in [4.69, 9.17) is 0 Å². The number of hydrogen-bond acceptors (Lipinski definition) is 8. The Morgan fingerprint density at radius 3 is 2.93 bits per heavy atom. The Labute approximate surface area is 169 Å². The molecule has 0 spiro atoms. The molecule has 0 saturated carbocycles. The third kappa shape index (κ3) is 3.21. The van der Waals surface area contributed by atoms with Gasteiger partial charge < -0.3 is 0 Å². The number of nitrogens with zero attached hydrogens (tertiary/aromatic N) is 7. The van der Waals surface area contributed by atoms with E-state index in [-0.39, 0.29) is 5.56 Å². The standard InChI is InChI=1S/C18H19N7OS2/c1-27-18-22-25-15(26)10-13(19-17(25)28-18)11-23-8-5-12(6-9-23)16-21-20-14-4-2-3-7-24(14)16/h2-4,7,10,12H,5-6,8-9,11H2,1H3. The lowest BCUT2D eigenvalue weighted by Crippen LogP contribution is -2.33. The van der Waals surface area contributed by atoms with Gasteiger partial charge in [-0.2, -0.15) is 4.52 Å². The van der Waals surface area contributed by atoms with Crippen LogP contribution in [-0.2, 0) is 6.54 Å². The second-order valence-corrected chi connectivity index (χ2v) is 8.90. The molecule has 0 radical (unpaired) electrons. The molecule has 5 rings (SSSR count). The predicted octanol–water partition coefficient (Wildman–Crippen LogP) is 2.30. The Balaban J connectivity index is 1.30. The SMILES string of the molecule is CSc1nn2c(=O)cc(CN3CCC(c4nnc5ccccn45)CC3)nc2s1. The van der Waals surface area contributed by atoms with Crippen molar-refractivity contribution in [1.82, 2.24) is 34.1 Å². The zero-order valence-corrected chi connectivity index (χ0v) is 17.0. The summed E-state index contributed by atoms with van der Waals surface area (Å²) in [6.07, 6.45) is 6.02. The van der Waals surface area contributed by atoms with Crippen LogP contribution in [0.2, 0.25) is 0 Å². The molecule has 1 aliphatic rings. The maximum Gasteiger partial charge on any atom is 0.275 e. The predicted molar refractivity (Wildman–Crippen MR) is 109 cm³/mol. The molecule has 4 aromatic heterocycles. The minimum Gasteiger partial charge on any atom is -0.297 e. The average Bonchev–Trinajstić information content (AvgIpc) is 3.33. The Morgan fingerprint density at radius 1 is 1.25 bits per heavy atom. The zero-order valence-electron chi connectivity index (χ0n) is 15.4. The summed E-state index contributed by atoms with van der Waals surface area (Å²) in [6, 6.07) is 7.58. The van der Waals surface area contributed by atoms with Gasteiger partial charge in [0.1, 0.15) is 5.82 Å². The number of piperidine rings is 1. The van der Waals surface area contributed by atoms with E-state index in [1.165, 1.54) is 27.6 Å². The van der Waals surface area contributed by atoms with Crippen LogP contribution >= 0.6 is 23.1 Å². The Kier molecular flexibility index (Phi) is 4.61. The number of thioether (sulfide) groups is 1. The van der Waals surface area contributed by atoms with E-state index in [2.05, 4.69) is 29.6 Å².